The van der Waals surface area contributed by atoms with Crippen molar-refractivity contribution in [1.82, 2.24) is 0 Å². The first kappa shape index (κ1) is 9.72. The van der Waals surface area contributed by atoms with Crippen LogP contribution in [0.4, 0.5) is 0 Å². The Morgan fingerprint density at radius 1 is 1.38 bits per heavy atom. The van der Waals surface area contributed by atoms with Gasteiger partial charge in [-0.05, 0) is 30.5 Å². The van der Waals surface area contributed by atoms with Crippen molar-refractivity contribution in [2.24, 2.45) is 0 Å². The van der Waals surface area contributed by atoms with Gasteiger partial charge in [0.25, 0.3) is 0 Å². The third-order valence-electron chi connectivity index (χ3n) is 1.87. The molecule has 0 aliphatic rings. The number of aryl methyl sites for hydroxylation is 1. The molecule has 1 heteroatoms. The van der Waals surface area contributed by atoms with Gasteiger partial charge in [0.2, 0.25) is 0 Å². The standard InChI is InChI=1S/C12H14O/c1-3-4-7-11-8-5-6-10(2)12(13)9-11/h4-9H,3H2,1-2H3/b7-4-. The van der Waals surface area contributed by atoms with Gasteiger partial charge in [-0.1, -0.05) is 37.3 Å². The van der Waals surface area contributed by atoms with Crippen LogP contribution in [0.1, 0.15) is 24.5 Å². The highest BCUT2D eigenvalue weighted by atomic mass is 16.1. The summed E-state index contributed by atoms with van der Waals surface area (Å²) in [6.07, 6.45) is 5.01. The van der Waals surface area contributed by atoms with Gasteiger partial charge in [0.15, 0.2) is 5.43 Å². The highest BCUT2D eigenvalue weighted by Crippen LogP contribution is 1.99. The van der Waals surface area contributed by atoms with E-state index in [0.717, 1.165) is 17.5 Å². The molecule has 1 nitrogen and oxygen atoms in total. The van der Waals surface area contributed by atoms with Gasteiger partial charge in [-0.2, -0.15) is 0 Å². The molecule has 0 unspecified atom stereocenters. The van der Waals surface area contributed by atoms with Crippen molar-refractivity contribution in [2.45, 2.75) is 20.3 Å². The summed E-state index contributed by atoms with van der Waals surface area (Å²) in [6.45, 7) is 3.90. The lowest BCUT2D eigenvalue weighted by Gasteiger charge is -1.83. The smallest absolute Gasteiger partial charge is 0.182 e. The Morgan fingerprint density at radius 3 is 2.85 bits per heavy atom. The maximum absolute atomic E-state index is 11.4. The Hall–Kier alpha value is -1.37. The zero-order valence-electron chi connectivity index (χ0n) is 8.08. The van der Waals surface area contributed by atoms with Gasteiger partial charge in [0.05, 0.1) is 0 Å². The minimum atomic E-state index is 0.0979. The van der Waals surface area contributed by atoms with Crippen molar-refractivity contribution in [3.8, 4) is 0 Å². The van der Waals surface area contributed by atoms with E-state index in [1.54, 1.807) is 6.07 Å². The summed E-state index contributed by atoms with van der Waals surface area (Å²) in [4.78, 5) is 11.4. The molecule has 1 aromatic rings. The van der Waals surface area contributed by atoms with E-state index < -0.39 is 0 Å². The van der Waals surface area contributed by atoms with Crippen molar-refractivity contribution in [1.29, 1.82) is 0 Å². The van der Waals surface area contributed by atoms with Gasteiger partial charge >= 0.3 is 0 Å². The summed E-state index contributed by atoms with van der Waals surface area (Å²) in [6, 6.07) is 7.36. The van der Waals surface area contributed by atoms with Crippen molar-refractivity contribution in [3.63, 3.8) is 0 Å². The predicted molar refractivity (Wildman–Crippen MR) is 56.8 cm³/mol. The van der Waals surface area contributed by atoms with Crippen LogP contribution in [0.25, 0.3) is 6.08 Å². The quantitative estimate of drug-likeness (QED) is 0.673. The molecule has 13 heavy (non-hydrogen) atoms. The predicted octanol–water partition coefficient (Wildman–Crippen LogP) is 2.78. The number of hydrogen-bond acceptors (Lipinski definition) is 1. The highest BCUT2D eigenvalue weighted by Gasteiger charge is 1.89. The molecule has 0 atom stereocenters. The fourth-order valence-corrected chi connectivity index (χ4v) is 1.06. The Bertz CT molecular complexity index is 364. The number of allylic oxidation sites excluding steroid dienone is 1. The largest absolute Gasteiger partial charge is 0.290 e. The van der Waals surface area contributed by atoms with Crippen LogP contribution in [0.3, 0.4) is 0 Å². The normalized spacial score (nSPS) is 10.6. The Labute approximate surface area is 78.7 Å². The SMILES string of the molecule is CC/C=C\c1cccc(C)c(=O)c1. The second kappa shape index (κ2) is 4.61. The lowest BCUT2D eigenvalue weighted by Crippen LogP contribution is -1.98. The molecule has 0 aliphatic carbocycles. The molecule has 0 heterocycles. The highest BCUT2D eigenvalue weighted by molar-refractivity contribution is 5.48. The Balaban J connectivity index is 3.14. The van der Waals surface area contributed by atoms with Crippen LogP contribution in [0.2, 0.25) is 0 Å². The van der Waals surface area contributed by atoms with Crippen molar-refractivity contribution in [2.75, 3.05) is 0 Å². The first-order valence-electron chi connectivity index (χ1n) is 4.51. The van der Waals surface area contributed by atoms with E-state index in [2.05, 4.69) is 6.92 Å². The fourth-order valence-electron chi connectivity index (χ4n) is 1.06. The van der Waals surface area contributed by atoms with Gasteiger partial charge in [-0.25, -0.2) is 0 Å². The van der Waals surface area contributed by atoms with E-state index in [1.165, 1.54) is 0 Å². The van der Waals surface area contributed by atoms with Gasteiger partial charge < -0.3 is 0 Å². The zero-order chi connectivity index (χ0) is 9.68. The van der Waals surface area contributed by atoms with Crippen LogP contribution in [0.5, 0.6) is 0 Å². The first-order valence-corrected chi connectivity index (χ1v) is 4.51. The molecule has 0 aromatic heterocycles. The average molecular weight is 174 g/mol. The van der Waals surface area contributed by atoms with Gasteiger partial charge in [-0.15, -0.1) is 0 Å². The third-order valence-corrected chi connectivity index (χ3v) is 1.87. The van der Waals surface area contributed by atoms with Gasteiger partial charge in [0.1, 0.15) is 0 Å². The molecular weight excluding hydrogens is 160 g/mol. The second-order valence-corrected chi connectivity index (χ2v) is 3.03. The topological polar surface area (TPSA) is 17.1 Å². The van der Waals surface area contributed by atoms with E-state index in [0.29, 0.717) is 0 Å². The van der Waals surface area contributed by atoms with Crippen molar-refractivity contribution >= 4 is 6.08 Å². The molecular formula is C12H14O. The Morgan fingerprint density at radius 2 is 2.15 bits per heavy atom. The summed E-state index contributed by atoms with van der Waals surface area (Å²) >= 11 is 0. The van der Waals surface area contributed by atoms with E-state index >= 15 is 0 Å². The van der Waals surface area contributed by atoms with Gasteiger partial charge in [-0.3, -0.25) is 4.79 Å². The van der Waals surface area contributed by atoms with E-state index in [9.17, 15) is 4.79 Å². The minimum absolute atomic E-state index is 0.0979. The third kappa shape index (κ3) is 2.86. The van der Waals surface area contributed by atoms with E-state index in [1.807, 2.05) is 37.3 Å². The van der Waals surface area contributed by atoms with Crippen molar-refractivity contribution in [3.05, 3.63) is 51.7 Å². The summed E-state index contributed by atoms with van der Waals surface area (Å²) in [7, 11) is 0. The molecule has 0 spiro atoms. The lowest BCUT2D eigenvalue weighted by molar-refractivity contribution is 1.23. The molecule has 1 rings (SSSR count). The molecule has 0 fully saturated rings. The minimum Gasteiger partial charge on any atom is -0.290 e. The first-order chi connectivity index (χ1) is 6.24. The Kier molecular flexibility index (Phi) is 3.44. The maximum Gasteiger partial charge on any atom is 0.182 e. The molecule has 0 saturated carbocycles. The number of hydrogen-bond donors (Lipinski definition) is 0. The number of rotatable bonds is 2. The molecule has 1 aromatic carbocycles. The van der Waals surface area contributed by atoms with E-state index in [4.69, 9.17) is 0 Å². The summed E-state index contributed by atoms with van der Waals surface area (Å²) in [5.41, 5.74) is 1.86. The molecule has 0 N–H and O–H groups in total. The summed E-state index contributed by atoms with van der Waals surface area (Å²) in [5.74, 6) is 0. The fraction of sp³-hybridized carbons (Fsp3) is 0.250. The van der Waals surface area contributed by atoms with Crippen LogP contribution >= 0.6 is 0 Å². The van der Waals surface area contributed by atoms with Crippen LogP contribution in [-0.4, -0.2) is 0 Å². The zero-order valence-corrected chi connectivity index (χ0v) is 8.08. The summed E-state index contributed by atoms with van der Waals surface area (Å²) in [5, 5.41) is 0. The lowest BCUT2D eigenvalue weighted by atomic mass is 10.2. The van der Waals surface area contributed by atoms with Crippen LogP contribution in [-0.2, 0) is 0 Å². The molecule has 0 bridgehead atoms. The average Bonchev–Trinajstić information content (AvgIpc) is 2.26. The van der Waals surface area contributed by atoms with Crippen LogP contribution in [0.15, 0.2) is 35.1 Å². The monoisotopic (exact) mass is 174 g/mol. The molecule has 0 aliphatic heterocycles. The van der Waals surface area contributed by atoms with Crippen molar-refractivity contribution < 1.29 is 0 Å². The molecule has 0 saturated heterocycles. The van der Waals surface area contributed by atoms with Crippen LogP contribution in [0, 0.1) is 6.92 Å². The molecule has 0 amide bonds. The second-order valence-electron chi connectivity index (χ2n) is 3.03. The summed E-state index contributed by atoms with van der Waals surface area (Å²) < 4.78 is 0. The molecule has 68 valence electrons. The van der Waals surface area contributed by atoms with Crippen LogP contribution < -0.4 is 5.43 Å². The van der Waals surface area contributed by atoms with Gasteiger partial charge in [0, 0.05) is 0 Å². The maximum atomic E-state index is 11.4. The molecule has 0 radical (unpaired) electrons. The van der Waals surface area contributed by atoms with E-state index in [-0.39, 0.29) is 5.43 Å².